The van der Waals surface area contributed by atoms with E-state index in [0.29, 0.717) is 5.69 Å². The molecule has 0 radical (unpaired) electrons. The van der Waals surface area contributed by atoms with Gasteiger partial charge in [-0.1, -0.05) is 0 Å². The van der Waals surface area contributed by atoms with E-state index in [4.69, 9.17) is 11.1 Å². The molecule has 64 valence electrons. The van der Waals surface area contributed by atoms with Crippen molar-refractivity contribution in [1.82, 2.24) is 9.97 Å². The van der Waals surface area contributed by atoms with E-state index in [1.807, 2.05) is 0 Å². The molecule has 0 amide bonds. The van der Waals surface area contributed by atoms with Crippen LogP contribution in [0.3, 0.4) is 0 Å². The zero-order valence-electron chi connectivity index (χ0n) is 6.66. The van der Waals surface area contributed by atoms with Crippen molar-refractivity contribution < 1.29 is 0 Å². The van der Waals surface area contributed by atoms with Crippen LogP contribution in [0.5, 0.6) is 0 Å². The molecule has 0 spiro atoms. The number of rotatable bonds is 2. The summed E-state index contributed by atoms with van der Waals surface area (Å²) in [6, 6.07) is 1.48. The van der Waals surface area contributed by atoms with Gasteiger partial charge in [-0.3, -0.25) is 0 Å². The molecule has 13 heavy (non-hydrogen) atoms. The summed E-state index contributed by atoms with van der Waals surface area (Å²) in [6.07, 6.45) is 0. The first-order valence-electron chi connectivity index (χ1n) is 3.22. The van der Waals surface area contributed by atoms with Crippen LogP contribution in [0.1, 0.15) is 5.69 Å². The van der Waals surface area contributed by atoms with Gasteiger partial charge in [0.25, 0.3) is 0 Å². The van der Waals surface area contributed by atoms with Gasteiger partial charge in [0.05, 0.1) is 0 Å². The Hall–Kier alpha value is -2.30. The lowest BCUT2D eigenvalue weighted by atomic mass is 10.4. The highest BCUT2D eigenvalue weighted by atomic mass is 15.2. The van der Waals surface area contributed by atoms with Gasteiger partial charge in [0.2, 0.25) is 5.95 Å². The van der Waals surface area contributed by atoms with Crippen LogP contribution >= 0.6 is 0 Å². The molecule has 8 heteroatoms. The maximum absolute atomic E-state index is 8.13. The van der Waals surface area contributed by atoms with E-state index in [-0.39, 0.29) is 11.8 Å². The number of hydrogen-bond donors (Lipinski definition) is 0. The van der Waals surface area contributed by atoms with Crippen molar-refractivity contribution in [2.75, 3.05) is 0 Å². The minimum absolute atomic E-state index is 0.0510. The average molecular weight is 176 g/mol. The van der Waals surface area contributed by atoms with Gasteiger partial charge in [0.15, 0.2) is 0 Å². The van der Waals surface area contributed by atoms with E-state index >= 15 is 0 Å². The maximum atomic E-state index is 8.13. The summed E-state index contributed by atoms with van der Waals surface area (Å²) >= 11 is 0. The summed E-state index contributed by atoms with van der Waals surface area (Å²) in [6.45, 7) is 1.68. The number of nitrogens with zero attached hydrogens (tertiary/aromatic N) is 8. The van der Waals surface area contributed by atoms with Crippen LogP contribution in [0.4, 0.5) is 11.8 Å². The van der Waals surface area contributed by atoms with Crippen LogP contribution in [0.2, 0.25) is 0 Å². The third-order valence-electron chi connectivity index (χ3n) is 1.11. The predicted molar refractivity (Wildman–Crippen MR) is 44.4 cm³/mol. The van der Waals surface area contributed by atoms with E-state index in [0.717, 1.165) is 0 Å². The molecule has 0 aliphatic rings. The molecule has 8 nitrogen and oxygen atoms in total. The minimum Gasteiger partial charge on any atom is -0.232 e. The van der Waals surface area contributed by atoms with Crippen molar-refractivity contribution in [3.63, 3.8) is 0 Å². The highest BCUT2D eigenvalue weighted by molar-refractivity contribution is 5.34. The fourth-order valence-corrected chi connectivity index (χ4v) is 0.718. The summed E-state index contributed by atoms with van der Waals surface area (Å²) in [7, 11) is 0. The predicted octanol–water partition coefficient (Wildman–Crippen LogP) is 2.67. The van der Waals surface area contributed by atoms with Crippen molar-refractivity contribution in [3.8, 4) is 0 Å². The van der Waals surface area contributed by atoms with Gasteiger partial charge in [-0.2, -0.15) is 0 Å². The zero-order valence-corrected chi connectivity index (χ0v) is 6.66. The molecule has 0 saturated carbocycles. The fourth-order valence-electron chi connectivity index (χ4n) is 0.718. The summed E-state index contributed by atoms with van der Waals surface area (Å²) in [5.41, 5.74) is 16.8. The Kier molecular flexibility index (Phi) is 2.65. The molecule has 0 aliphatic carbocycles. The van der Waals surface area contributed by atoms with Gasteiger partial charge in [0.1, 0.15) is 5.82 Å². The van der Waals surface area contributed by atoms with Crippen molar-refractivity contribution in [2.45, 2.75) is 6.92 Å². The van der Waals surface area contributed by atoms with Crippen molar-refractivity contribution in [3.05, 3.63) is 32.6 Å². The van der Waals surface area contributed by atoms with E-state index < -0.39 is 0 Å². The standard InChI is InChI=1S/C5H4N8/c1-3-2-4(10-12-6)9-5(8-3)11-13-7/h2H,1H3. The zero-order chi connectivity index (χ0) is 9.68. The fraction of sp³-hybridized carbons (Fsp3) is 0.200. The Labute approximate surface area is 72.5 Å². The molecule has 0 aromatic carbocycles. The van der Waals surface area contributed by atoms with E-state index in [1.165, 1.54) is 6.07 Å². The average Bonchev–Trinajstić information content (AvgIpc) is 2.04. The molecule has 0 unspecified atom stereocenters. The third kappa shape index (κ3) is 2.33. The molecule has 0 bridgehead atoms. The molecule has 0 aliphatic heterocycles. The molecule has 1 aromatic heterocycles. The minimum atomic E-state index is -0.0510. The van der Waals surface area contributed by atoms with Crippen LogP contribution in [0, 0.1) is 6.92 Å². The number of azide groups is 2. The molecular weight excluding hydrogens is 172 g/mol. The Balaban J connectivity index is 3.25. The van der Waals surface area contributed by atoms with Crippen LogP contribution in [-0.2, 0) is 0 Å². The summed E-state index contributed by atoms with van der Waals surface area (Å²) in [5.74, 6) is 0.0855. The van der Waals surface area contributed by atoms with E-state index in [9.17, 15) is 0 Å². The molecule has 0 fully saturated rings. The number of aromatic nitrogens is 2. The van der Waals surface area contributed by atoms with Crippen LogP contribution < -0.4 is 0 Å². The van der Waals surface area contributed by atoms with Gasteiger partial charge >= 0.3 is 0 Å². The van der Waals surface area contributed by atoms with Crippen LogP contribution in [0.15, 0.2) is 16.3 Å². The quantitative estimate of drug-likeness (QED) is 0.390. The second-order valence-corrected chi connectivity index (χ2v) is 2.05. The Morgan fingerprint density at radius 2 is 1.92 bits per heavy atom. The lowest BCUT2D eigenvalue weighted by Gasteiger charge is -1.95. The first-order chi connectivity index (χ1) is 6.26. The van der Waals surface area contributed by atoms with Gasteiger partial charge in [-0.25, -0.2) is 9.97 Å². The van der Waals surface area contributed by atoms with Crippen LogP contribution in [-0.4, -0.2) is 9.97 Å². The summed E-state index contributed by atoms with van der Waals surface area (Å²) < 4.78 is 0. The van der Waals surface area contributed by atoms with Gasteiger partial charge in [0, 0.05) is 15.5 Å². The van der Waals surface area contributed by atoms with Crippen LogP contribution in [0.25, 0.3) is 20.9 Å². The smallest absolute Gasteiger partial charge is 0.217 e. The van der Waals surface area contributed by atoms with Gasteiger partial charge < -0.3 is 0 Å². The molecule has 1 heterocycles. The number of aryl methyl sites for hydroxylation is 1. The lowest BCUT2D eigenvalue weighted by Crippen LogP contribution is -1.83. The second kappa shape index (κ2) is 3.91. The Morgan fingerprint density at radius 1 is 1.23 bits per heavy atom. The second-order valence-electron chi connectivity index (χ2n) is 2.05. The number of hydrogen-bond acceptors (Lipinski definition) is 4. The molecular formula is C5H4N8. The van der Waals surface area contributed by atoms with Crippen molar-refractivity contribution in [1.29, 1.82) is 0 Å². The molecule has 1 rings (SSSR count). The normalized spacial score (nSPS) is 8.38. The van der Waals surface area contributed by atoms with Gasteiger partial charge in [-0.05, 0) is 34.3 Å². The first-order valence-corrected chi connectivity index (χ1v) is 3.22. The monoisotopic (exact) mass is 176 g/mol. The third-order valence-corrected chi connectivity index (χ3v) is 1.11. The highest BCUT2D eigenvalue weighted by Crippen LogP contribution is 2.14. The van der Waals surface area contributed by atoms with Crippen molar-refractivity contribution in [2.24, 2.45) is 10.2 Å². The lowest BCUT2D eigenvalue weighted by molar-refractivity contribution is 1.07. The van der Waals surface area contributed by atoms with E-state index in [2.05, 4.69) is 30.0 Å². The highest BCUT2D eigenvalue weighted by Gasteiger charge is 1.97. The Morgan fingerprint density at radius 3 is 2.54 bits per heavy atom. The first kappa shape index (κ1) is 8.79. The SMILES string of the molecule is Cc1cc(N=[N+]=[N-])nc(N=[N+]=[N-])n1. The molecule has 0 atom stereocenters. The summed E-state index contributed by atoms with van der Waals surface area (Å²) in [4.78, 5) is 12.5. The molecule has 0 saturated heterocycles. The topological polar surface area (TPSA) is 123 Å². The van der Waals surface area contributed by atoms with Gasteiger partial charge in [-0.15, -0.1) is 0 Å². The van der Waals surface area contributed by atoms with E-state index in [1.54, 1.807) is 6.92 Å². The summed E-state index contributed by atoms with van der Waals surface area (Å²) in [5, 5.41) is 6.44. The molecule has 1 aromatic rings. The maximum Gasteiger partial charge on any atom is 0.217 e. The van der Waals surface area contributed by atoms with Crippen molar-refractivity contribution >= 4 is 11.8 Å². The Bertz CT molecular complexity index is 374. The largest absolute Gasteiger partial charge is 0.232 e. The molecule has 0 N–H and O–H groups in total.